The molecular weight excluding hydrogens is 194 g/mol. The lowest BCUT2D eigenvalue weighted by atomic mass is 10.6. The maximum absolute atomic E-state index is 10.7. The molecule has 1 heterocycles. The lowest BCUT2D eigenvalue weighted by Gasteiger charge is -2.00. The highest BCUT2D eigenvalue weighted by atomic mass is 35.5. The number of aliphatic imine (C=N–C) groups is 1. The fourth-order valence-electron chi connectivity index (χ4n) is 0.689. The molecule has 6 heteroatoms. The van der Waals surface area contributed by atoms with Crippen LogP contribution in [0.4, 0.5) is 5.88 Å². The van der Waals surface area contributed by atoms with E-state index in [9.17, 15) is 5.11 Å². The van der Waals surface area contributed by atoms with Crippen molar-refractivity contribution in [2.75, 3.05) is 5.88 Å². The summed E-state index contributed by atoms with van der Waals surface area (Å²) in [4.78, 5) is 3.53. The third-order valence-corrected chi connectivity index (χ3v) is 1.39. The maximum atomic E-state index is 10.7. The summed E-state index contributed by atoms with van der Waals surface area (Å²) >= 11 is 5.24. The van der Waals surface area contributed by atoms with E-state index in [1.807, 2.05) is 0 Å². The zero-order chi connectivity index (χ0) is 9.68. The zero-order valence-corrected chi connectivity index (χ0v) is 7.57. The second kappa shape index (κ2) is 4.61. The second-order valence-corrected chi connectivity index (χ2v) is 2.46. The minimum absolute atomic E-state index is 0.146. The van der Waals surface area contributed by atoms with Crippen LogP contribution in [0.25, 0.3) is 0 Å². The van der Waals surface area contributed by atoms with E-state index in [2.05, 4.69) is 16.8 Å². The SMILES string of the molecule is C=CC[n+]1cc(/N=C(/[O-])CCl)on1. The van der Waals surface area contributed by atoms with Crippen LogP contribution in [0, 0.1) is 0 Å². The number of alkyl halides is 1. The summed E-state index contributed by atoms with van der Waals surface area (Å²) in [5, 5.41) is 14.3. The molecule has 0 aliphatic heterocycles. The Kier molecular flexibility index (Phi) is 3.45. The van der Waals surface area contributed by atoms with Gasteiger partial charge < -0.3 is 5.11 Å². The fraction of sp³-hybridized carbons (Fsp3) is 0.286. The van der Waals surface area contributed by atoms with Crippen LogP contribution in [-0.4, -0.2) is 17.0 Å². The van der Waals surface area contributed by atoms with Gasteiger partial charge in [0.2, 0.25) is 5.27 Å². The summed E-state index contributed by atoms with van der Waals surface area (Å²) in [7, 11) is 0. The number of aromatic nitrogens is 2. The minimum Gasteiger partial charge on any atom is -0.861 e. The lowest BCUT2D eigenvalue weighted by molar-refractivity contribution is -0.753. The molecule has 0 aliphatic carbocycles. The first kappa shape index (κ1) is 9.73. The lowest BCUT2D eigenvalue weighted by Crippen LogP contribution is -2.33. The van der Waals surface area contributed by atoms with E-state index in [0.717, 1.165) is 0 Å². The predicted octanol–water partition coefficient (Wildman–Crippen LogP) is -0.223. The molecule has 0 aliphatic rings. The topological polar surface area (TPSA) is 65.3 Å². The van der Waals surface area contributed by atoms with Crippen molar-refractivity contribution in [2.45, 2.75) is 6.54 Å². The van der Waals surface area contributed by atoms with E-state index < -0.39 is 5.90 Å². The molecule has 0 radical (unpaired) electrons. The molecule has 1 aromatic heterocycles. The first-order chi connectivity index (χ1) is 6.26. The highest BCUT2D eigenvalue weighted by Gasteiger charge is 2.07. The fourth-order valence-corrected chi connectivity index (χ4v) is 0.749. The second-order valence-electron chi connectivity index (χ2n) is 2.19. The maximum Gasteiger partial charge on any atom is 0.320 e. The van der Waals surface area contributed by atoms with Crippen molar-refractivity contribution >= 4 is 23.4 Å². The van der Waals surface area contributed by atoms with Crippen LogP contribution in [-0.2, 0) is 6.54 Å². The summed E-state index contributed by atoms with van der Waals surface area (Å²) in [6.07, 6.45) is 3.14. The van der Waals surface area contributed by atoms with E-state index in [1.54, 1.807) is 6.08 Å². The first-order valence-electron chi connectivity index (χ1n) is 3.54. The standard InChI is InChI=1S/C7H8ClN3O2/c1-2-3-11-5-7(13-10-11)9-6(12)4-8/h2,5H,1,3-4H2. The third-order valence-electron chi connectivity index (χ3n) is 1.16. The van der Waals surface area contributed by atoms with Crippen molar-refractivity contribution in [1.29, 1.82) is 0 Å². The van der Waals surface area contributed by atoms with Crippen LogP contribution >= 0.6 is 11.6 Å². The molecular formula is C7H8ClN3O2. The molecule has 0 bridgehead atoms. The van der Waals surface area contributed by atoms with Crippen molar-refractivity contribution in [1.82, 2.24) is 5.27 Å². The molecule has 0 aromatic carbocycles. The average molecular weight is 202 g/mol. The Hall–Kier alpha value is -1.36. The molecule has 1 rings (SSSR count). The van der Waals surface area contributed by atoms with Gasteiger partial charge in [0.1, 0.15) is 0 Å². The molecule has 0 atom stereocenters. The van der Waals surface area contributed by atoms with E-state index in [0.29, 0.717) is 6.54 Å². The zero-order valence-electron chi connectivity index (χ0n) is 6.81. The molecule has 1 aromatic rings. The van der Waals surface area contributed by atoms with Crippen LogP contribution < -0.4 is 9.79 Å². The summed E-state index contributed by atoms with van der Waals surface area (Å²) < 4.78 is 6.17. The van der Waals surface area contributed by atoms with Crippen molar-refractivity contribution in [2.24, 2.45) is 4.99 Å². The molecule has 0 N–H and O–H groups in total. The summed E-state index contributed by atoms with van der Waals surface area (Å²) in [5.41, 5.74) is 0. The number of allylic oxidation sites excluding steroid dienone is 1. The number of hydrogen-bond acceptors (Lipinski definition) is 4. The van der Waals surface area contributed by atoms with E-state index in [-0.39, 0.29) is 11.8 Å². The molecule has 0 saturated heterocycles. The molecule has 70 valence electrons. The number of rotatable bonds is 4. The van der Waals surface area contributed by atoms with Gasteiger partial charge >= 0.3 is 5.88 Å². The highest BCUT2D eigenvalue weighted by molar-refractivity contribution is 6.26. The molecule has 0 fully saturated rings. The Labute approximate surface area is 79.9 Å². The van der Waals surface area contributed by atoms with Crippen LogP contribution in [0.3, 0.4) is 0 Å². The van der Waals surface area contributed by atoms with Crippen molar-refractivity contribution in [3.8, 4) is 0 Å². The van der Waals surface area contributed by atoms with Gasteiger partial charge in [-0.1, -0.05) is 6.58 Å². The van der Waals surface area contributed by atoms with Gasteiger partial charge in [0.15, 0.2) is 6.54 Å². The Morgan fingerprint density at radius 1 is 1.92 bits per heavy atom. The molecule has 13 heavy (non-hydrogen) atoms. The first-order valence-corrected chi connectivity index (χ1v) is 4.07. The van der Waals surface area contributed by atoms with Gasteiger partial charge in [-0.25, -0.2) is 4.99 Å². The van der Waals surface area contributed by atoms with Gasteiger partial charge in [-0.15, -0.1) is 11.6 Å². The van der Waals surface area contributed by atoms with Crippen molar-refractivity contribution < 1.29 is 14.3 Å². The van der Waals surface area contributed by atoms with Gasteiger partial charge in [0, 0.05) is 0 Å². The summed E-state index contributed by atoms with van der Waals surface area (Å²) in [5.74, 6) is -0.474. The van der Waals surface area contributed by atoms with E-state index in [1.165, 1.54) is 10.9 Å². The van der Waals surface area contributed by atoms with Crippen LogP contribution in [0.15, 0.2) is 28.4 Å². The van der Waals surface area contributed by atoms with Gasteiger partial charge in [0.05, 0.1) is 5.88 Å². The highest BCUT2D eigenvalue weighted by Crippen LogP contribution is 2.05. The number of halogens is 1. The Balaban J connectivity index is 2.74. The van der Waals surface area contributed by atoms with Crippen LogP contribution in [0.2, 0.25) is 0 Å². The smallest absolute Gasteiger partial charge is 0.320 e. The summed E-state index contributed by atoms with van der Waals surface area (Å²) in [6.45, 7) is 4.03. The predicted molar refractivity (Wildman–Crippen MR) is 44.7 cm³/mol. The largest absolute Gasteiger partial charge is 0.861 e. The number of nitrogens with zero attached hydrogens (tertiary/aromatic N) is 3. The molecule has 0 spiro atoms. The number of hydrogen-bond donors (Lipinski definition) is 0. The molecule has 5 nitrogen and oxygen atoms in total. The molecule has 0 unspecified atom stereocenters. The van der Waals surface area contributed by atoms with Gasteiger partial charge in [0.25, 0.3) is 6.20 Å². The third kappa shape index (κ3) is 2.87. The Morgan fingerprint density at radius 2 is 2.69 bits per heavy atom. The van der Waals surface area contributed by atoms with Gasteiger partial charge in [-0.05, 0) is 16.7 Å². The van der Waals surface area contributed by atoms with Crippen LogP contribution in [0.1, 0.15) is 0 Å². The normalized spacial score (nSPS) is 11.6. The quantitative estimate of drug-likeness (QED) is 0.222. The van der Waals surface area contributed by atoms with Crippen molar-refractivity contribution in [3.05, 3.63) is 18.9 Å². The van der Waals surface area contributed by atoms with Crippen LogP contribution in [0.5, 0.6) is 0 Å². The molecule has 0 amide bonds. The average Bonchev–Trinajstić information content (AvgIpc) is 2.53. The van der Waals surface area contributed by atoms with Gasteiger partial charge in [-0.2, -0.15) is 0 Å². The van der Waals surface area contributed by atoms with Gasteiger partial charge in [-0.3, -0.25) is 4.52 Å². The van der Waals surface area contributed by atoms with E-state index in [4.69, 9.17) is 16.1 Å². The Morgan fingerprint density at radius 3 is 3.31 bits per heavy atom. The Bertz CT molecular complexity index is 321. The van der Waals surface area contributed by atoms with Crippen molar-refractivity contribution in [3.63, 3.8) is 0 Å². The summed E-state index contributed by atoms with van der Waals surface area (Å²) in [6, 6.07) is 0. The monoisotopic (exact) mass is 201 g/mol. The van der Waals surface area contributed by atoms with E-state index >= 15 is 0 Å². The molecule has 0 saturated carbocycles. The minimum atomic E-state index is -0.455.